The summed E-state index contributed by atoms with van der Waals surface area (Å²) in [4.78, 5) is 30.1. The van der Waals surface area contributed by atoms with Crippen LogP contribution in [-0.4, -0.2) is 46.2 Å². The van der Waals surface area contributed by atoms with Gasteiger partial charge in [0.05, 0.1) is 5.56 Å². The number of nitrogen functional groups attached to an aromatic ring is 1. The molecule has 0 aliphatic carbocycles. The van der Waals surface area contributed by atoms with Crippen LogP contribution < -0.4 is 21.3 Å². The molecular formula is C26H25FN6O3. The number of aryl methyl sites for hydroxylation is 1. The highest BCUT2D eigenvalue weighted by atomic mass is 19.1. The number of carbonyl (C=O) groups is 1. The van der Waals surface area contributed by atoms with Crippen LogP contribution in [0.2, 0.25) is 0 Å². The summed E-state index contributed by atoms with van der Waals surface area (Å²) in [6, 6.07) is 10.0. The van der Waals surface area contributed by atoms with E-state index in [2.05, 4.69) is 15.4 Å². The van der Waals surface area contributed by atoms with Crippen molar-refractivity contribution in [2.75, 3.05) is 31.7 Å². The van der Waals surface area contributed by atoms with Crippen LogP contribution >= 0.6 is 0 Å². The molecule has 9 nitrogen and oxygen atoms in total. The first-order valence-electron chi connectivity index (χ1n) is 11.3. The first-order chi connectivity index (χ1) is 17.2. The minimum atomic E-state index is -0.519. The van der Waals surface area contributed by atoms with Gasteiger partial charge in [-0.25, -0.2) is 9.07 Å². The van der Waals surface area contributed by atoms with E-state index in [1.165, 1.54) is 16.8 Å². The molecule has 0 fully saturated rings. The summed E-state index contributed by atoms with van der Waals surface area (Å²) < 4.78 is 21.8. The number of ether oxygens (including phenoxy) is 1. The fourth-order valence-corrected chi connectivity index (χ4v) is 4.28. The van der Waals surface area contributed by atoms with E-state index in [0.717, 1.165) is 16.7 Å². The van der Waals surface area contributed by atoms with Gasteiger partial charge in [0.2, 0.25) is 11.8 Å². The zero-order chi connectivity index (χ0) is 25.6. The van der Waals surface area contributed by atoms with E-state index in [0.29, 0.717) is 17.8 Å². The van der Waals surface area contributed by atoms with Gasteiger partial charge in [-0.05, 0) is 50.3 Å². The zero-order valence-electron chi connectivity index (χ0n) is 20.1. The lowest BCUT2D eigenvalue weighted by atomic mass is 9.96. The van der Waals surface area contributed by atoms with Crippen LogP contribution in [0, 0.1) is 12.7 Å². The molecule has 10 heteroatoms. The molecule has 184 valence electrons. The molecule has 0 radical (unpaired) electrons. The summed E-state index contributed by atoms with van der Waals surface area (Å²) in [6.45, 7) is 2.59. The fraction of sp³-hybridized carbons (Fsp3) is 0.192. The number of anilines is 2. The van der Waals surface area contributed by atoms with Gasteiger partial charge >= 0.3 is 0 Å². The summed E-state index contributed by atoms with van der Waals surface area (Å²) in [5.74, 6) is -0.537. The molecule has 0 atom stereocenters. The van der Waals surface area contributed by atoms with Crippen LogP contribution in [0.15, 0.2) is 53.3 Å². The molecular weight excluding hydrogens is 463 g/mol. The van der Waals surface area contributed by atoms with E-state index >= 15 is 0 Å². The molecule has 5 rings (SSSR count). The van der Waals surface area contributed by atoms with Crippen molar-refractivity contribution in [3.05, 3.63) is 75.8 Å². The minimum absolute atomic E-state index is 0.0150. The normalized spacial score (nSPS) is 12.6. The number of amides is 1. The van der Waals surface area contributed by atoms with Crippen LogP contribution in [0.3, 0.4) is 0 Å². The van der Waals surface area contributed by atoms with Crippen LogP contribution in [0.5, 0.6) is 5.88 Å². The number of hydrogen-bond donors (Lipinski definition) is 3. The molecule has 36 heavy (non-hydrogen) atoms. The Balaban J connectivity index is 1.64. The summed E-state index contributed by atoms with van der Waals surface area (Å²) in [5, 5.41) is 7.58. The second-order valence-electron chi connectivity index (χ2n) is 8.91. The van der Waals surface area contributed by atoms with E-state index in [4.69, 9.17) is 10.5 Å². The van der Waals surface area contributed by atoms with Gasteiger partial charge in [-0.2, -0.15) is 5.10 Å². The van der Waals surface area contributed by atoms with Gasteiger partial charge < -0.3 is 20.7 Å². The number of rotatable bonds is 5. The van der Waals surface area contributed by atoms with Crippen LogP contribution in [0.1, 0.15) is 11.1 Å². The van der Waals surface area contributed by atoms with Crippen molar-refractivity contribution in [1.82, 2.24) is 19.7 Å². The van der Waals surface area contributed by atoms with E-state index in [1.54, 1.807) is 30.3 Å². The monoisotopic (exact) mass is 488 g/mol. The second kappa shape index (κ2) is 8.97. The number of hydrogen-bond acceptors (Lipinski definition) is 6. The van der Waals surface area contributed by atoms with Gasteiger partial charge in [0, 0.05) is 23.9 Å². The minimum Gasteiger partial charge on any atom is -0.473 e. The topological polar surface area (TPSA) is 118 Å². The number of likely N-dealkylation sites (N-methyl/N-ethyl adjacent to an activating group) is 1. The smallest absolute Gasteiger partial charge is 0.264 e. The Morgan fingerprint density at radius 2 is 2.14 bits per heavy atom. The van der Waals surface area contributed by atoms with Crippen LogP contribution in [-0.2, 0) is 11.4 Å². The Morgan fingerprint density at radius 1 is 1.33 bits per heavy atom. The van der Waals surface area contributed by atoms with Gasteiger partial charge in [0.15, 0.2) is 0 Å². The molecule has 1 amide bonds. The third-order valence-electron chi connectivity index (χ3n) is 5.97. The number of benzene rings is 2. The third kappa shape index (κ3) is 4.01. The Morgan fingerprint density at radius 3 is 2.92 bits per heavy atom. The van der Waals surface area contributed by atoms with Crippen molar-refractivity contribution in [1.29, 1.82) is 0 Å². The molecule has 1 aliphatic heterocycles. The molecule has 0 saturated heterocycles. The van der Waals surface area contributed by atoms with Gasteiger partial charge in [-0.3, -0.25) is 14.6 Å². The number of nitrogens with two attached hydrogens (primary N) is 1. The number of carbonyl (C=O) groups excluding carboxylic acids is 1. The maximum absolute atomic E-state index is 14.7. The molecule has 0 spiro atoms. The summed E-state index contributed by atoms with van der Waals surface area (Å²) in [6.07, 6.45) is 3.25. The molecule has 0 saturated carbocycles. The molecule has 2 aromatic heterocycles. The summed E-state index contributed by atoms with van der Waals surface area (Å²) >= 11 is 0. The highest BCUT2D eigenvalue weighted by Gasteiger charge is 2.28. The number of nitrogens with zero attached hydrogens (tertiary/aromatic N) is 3. The quantitative estimate of drug-likeness (QED) is 0.371. The highest BCUT2D eigenvalue weighted by molar-refractivity contribution is 6.04. The first-order valence-corrected chi connectivity index (χ1v) is 11.3. The van der Waals surface area contributed by atoms with Crippen molar-refractivity contribution in [2.24, 2.45) is 0 Å². The standard InChI is InChI=1S/C26H25FN6O3/c1-14-9-10-17(27)19(12-14)33-24(28)22-23(31-33)21-15-6-4-7-18(29-20(34)8-5-11-32(2)3)16(15)13-36-26(21)30-25(22)35/h4-10,12H,11,13,28H2,1-3H3,(H,29,34)(H,30,35)/b8-5+. The van der Waals surface area contributed by atoms with Crippen molar-refractivity contribution >= 4 is 28.3 Å². The lowest BCUT2D eigenvalue weighted by Crippen LogP contribution is -2.17. The van der Waals surface area contributed by atoms with E-state index in [-0.39, 0.29) is 40.8 Å². The molecule has 0 bridgehead atoms. The van der Waals surface area contributed by atoms with Crippen molar-refractivity contribution in [3.8, 4) is 22.7 Å². The van der Waals surface area contributed by atoms with E-state index < -0.39 is 11.4 Å². The number of pyridine rings is 1. The Bertz CT molecular complexity index is 1600. The molecule has 1 aliphatic rings. The van der Waals surface area contributed by atoms with Crippen molar-refractivity contribution < 1.29 is 13.9 Å². The van der Waals surface area contributed by atoms with E-state index in [1.807, 2.05) is 32.0 Å². The Labute approximate surface area is 206 Å². The first kappa shape index (κ1) is 23.3. The number of H-pyrrole nitrogens is 1. The van der Waals surface area contributed by atoms with Gasteiger partial charge in [-0.15, -0.1) is 0 Å². The summed E-state index contributed by atoms with van der Waals surface area (Å²) in [7, 11) is 3.83. The largest absolute Gasteiger partial charge is 0.473 e. The van der Waals surface area contributed by atoms with Crippen molar-refractivity contribution in [3.63, 3.8) is 0 Å². The number of aromatic amines is 1. The predicted molar refractivity (Wildman–Crippen MR) is 137 cm³/mol. The van der Waals surface area contributed by atoms with E-state index in [9.17, 15) is 14.0 Å². The summed E-state index contributed by atoms with van der Waals surface area (Å²) in [5.41, 5.74) is 9.60. The zero-order valence-corrected chi connectivity index (χ0v) is 20.1. The van der Waals surface area contributed by atoms with Crippen molar-refractivity contribution in [2.45, 2.75) is 13.5 Å². The number of halogens is 1. The average Bonchev–Trinajstić information content (AvgIpc) is 3.17. The lowest BCUT2D eigenvalue weighted by Gasteiger charge is -2.22. The maximum atomic E-state index is 14.7. The number of fused-ring (bicyclic) bond motifs is 5. The number of aromatic nitrogens is 3. The Kier molecular flexibility index (Phi) is 5.81. The molecule has 4 aromatic rings. The maximum Gasteiger partial charge on any atom is 0.264 e. The highest BCUT2D eigenvalue weighted by Crippen LogP contribution is 2.43. The molecule has 2 aromatic carbocycles. The third-order valence-corrected chi connectivity index (χ3v) is 5.97. The second-order valence-corrected chi connectivity index (χ2v) is 8.91. The molecule has 3 heterocycles. The van der Waals surface area contributed by atoms with Gasteiger partial charge in [0.25, 0.3) is 5.56 Å². The predicted octanol–water partition coefficient (Wildman–Crippen LogP) is 3.36. The number of nitrogens with one attached hydrogen (secondary N) is 2. The average molecular weight is 489 g/mol. The van der Waals surface area contributed by atoms with Gasteiger partial charge in [-0.1, -0.05) is 24.3 Å². The lowest BCUT2D eigenvalue weighted by molar-refractivity contribution is -0.111. The SMILES string of the molecule is Cc1ccc(F)c(-n2nc3c4c([nH]c(=O)c3c2N)OCc2c(NC(=O)/C=C/CN(C)C)cccc2-4)c1. The fourth-order valence-electron chi connectivity index (χ4n) is 4.28. The molecule has 4 N–H and O–H groups in total. The van der Waals surface area contributed by atoms with Crippen LogP contribution in [0.4, 0.5) is 15.9 Å². The van der Waals surface area contributed by atoms with Crippen LogP contribution in [0.25, 0.3) is 27.7 Å². The Hall–Kier alpha value is -4.44. The van der Waals surface area contributed by atoms with Gasteiger partial charge in [0.1, 0.15) is 34.8 Å². The molecule has 0 unspecified atom stereocenters.